The third kappa shape index (κ3) is 3.54. The number of nitrogens with zero attached hydrogens (tertiary/aromatic N) is 2. The molecule has 1 saturated carbocycles. The predicted molar refractivity (Wildman–Crippen MR) is 81.5 cm³/mol. The SMILES string of the molecule is Nc1ccc(Cc2nc(CSC3CCCC3)no2)cc1. The monoisotopic (exact) mass is 289 g/mol. The number of aromatic nitrogens is 2. The van der Waals surface area contributed by atoms with E-state index in [0.29, 0.717) is 12.3 Å². The Kier molecular flexibility index (Phi) is 4.25. The summed E-state index contributed by atoms with van der Waals surface area (Å²) in [6.07, 6.45) is 6.07. The first-order valence-electron chi connectivity index (χ1n) is 7.07. The number of hydrogen-bond acceptors (Lipinski definition) is 5. The zero-order valence-electron chi connectivity index (χ0n) is 11.4. The smallest absolute Gasteiger partial charge is 0.231 e. The summed E-state index contributed by atoms with van der Waals surface area (Å²) in [5.41, 5.74) is 7.58. The Balaban J connectivity index is 1.54. The maximum absolute atomic E-state index is 5.67. The van der Waals surface area contributed by atoms with Crippen LogP contribution in [0.2, 0.25) is 0 Å². The van der Waals surface area contributed by atoms with E-state index in [1.165, 1.54) is 25.7 Å². The van der Waals surface area contributed by atoms with Crippen molar-refractivity contribution >= 4 is 17.4 Å². The fourth-order valence-electron chi connectivity index (χ4n) is 2.48. The van der Waals surface area contributed by atoms with Gasteiger partial charge in [0.25, 0.3) is 0 Å². The third-order valence-electron chi connectivity index (χ3n) is 3.60. The maximum Gasteiger partial charge on any atom is 0.231 e. The number of benzene rings is 1. The van der Waals surface area contributed by atoms with Gasteiger partial charge in [-0.3, -0.25) is 0 Å². The van der Waals surface area contributed by atoms with Gasteiger partial charge >= 0.3 is 0 Å². The van der Waals surface area contributed by atoms with Crippen LogP contribution in [-0.4, -0.2) is 15.4 Å². The molecule has 5 heteroatoms. The van der Waals surface area contributed by atoms with Crippen LogP contribution in [-0.2, 0) is 12.2 Å². The molecule has 2 N–H and O–H groups in total. The van der Waals surface area contributed by atoms with Crippen molar-refractivity contribution in [3.8, 4) is 0 Å². The van der Waals surface area contributed by atoms with Crippen molar-refractivity contribution in [3.05, 3.63) is 41.5 Å². The first kappa shape index (κ1) is 13.5. The average molecular weight is 289 g/mol. The molecule has 0 radical (unpaired) electrons. The van der Waals surface area contributed by atoms with Crippen LogP contribution >= 0.6 is 11.8 Å². The average Bonchev–Trinajstić information content (AvgIpc) is 3.10. The molecule has 1 aromatic carbocycles. The second-order valence-corrected chi connectivity index (χ2v) is 6.53. The van der Waals surface area contributed by atoms with E-state index in [0.717, 1.165) is 28.1 Å². The number of rotatable bonds is 5. The Morgan fingerprint density at radius 1 is 1.20 bits per heavy atom. The number of anilines is 1. The lowest BCUT2D eigenvalue weighted by atomic mass is 10.1. The van der Waals surface area contributed by atoms with E-state index >= 15 is 0 Å². The van der Waals surface area contributed by atoms with Gasteiger partial charge in [-0.2, -0.15) is 16.7 Å². The highest BCUT2D eigenvalue weighted by atomic mass is 32.2. The van der Waals surface area contributed by atoms with Gasteiger partial charge in [0.05, 0.1) is 12.2 Å². The van der Waals surface area contributed by atoms with Crippen molar-refractivity contribution in [2.45, 2.75) is 43.1 Å². The first-order chi connectivity index (χ1) is 9.79. The fourth-order valence-corrected chi connectivity index (χ4v) is 3.65. The van der Waals surface area contributed by atoms with Crippen molar-refractivity contribution in [2.75, 3.05) is 5.73 Å². The van der Waals surface area contributed by atoms with Crippen molar-refractivity contribution < 1.29 is 4.52 Å². The molecule has 1 aliphatic carbocycles. The Morgan fingerprint density at radius 3 is 2.70 bits per heavy atom. The molecule has 0 aliphatic heterocycles. The molecule has 0 bridgehead atoms. The second kappa shape index (κ2) is 6.31. The Morgan fingerprint density at radius 2 is 1.95 bits per heavy atom. The quantitative estimate of drug-likeness (QED) is 0.854. The lowest BCUT2D eigenvalue weighted by Gasteiger charge is -2.04. The van der Waals surface area contributed by atoms with Crippen molar-refractivity contribution in [1.82, 2.24) is 10.1 Å². The van der Waals surface area contributed by atoms with Gasteiger partial charge in [-0.25, -0.2) is 0 Å². The van der Waals surface area contributed by atoms with E-state index in [1.807, 2.05) is 36.0 Å². The van der Waals surface area contributed by atoms with E-state index in [4.69, 9.17) is 10.3 Å². The Hall–Kier alpha value is -1.49. The van der Waals surface area contributed by atoms with Crippen LogP contribution in [0.5, 0.6) is 0 Å². The molecule has 2 aromatic rings. The number of nitrogens with two attached hydrogens (primary N) is 1. The summed E-state index contributed by atoms with van der Waals surface area (Å²) in [6, 6.07) is 7.77. The summed E-state index contributed by atoms with van der Waals surface area (Å²) in [7, 11) is 0. The largest absolute Gasteiger partial charge is 0.399 e. The summed E-state index contributed by atoms with van der Waals surface area (Å²) in [4.78, 5) is 4.46. The number of nitrogen functional groups attached to an aromatic ring is 1. The molecule has 0 spiro atoms. The van der Waals surface area contributed by atoms with Crippen molar-refractivity contribution in [2.24, 2.45) is 0 Å². The van der Waals surface area contributed by atoms with Crippen molar-refractivity contribution in [1.29, 1.82) is 0 Å². The van der Waals surface area contributed by atoms with E-state index in [2.05, 4.69) is 10.1 Å². The Labute approximate surface area is 123 Å². The highest BCUT2D eigenvalue weighted by Gasteiger charge is 2.16. The van der Waals surface area contributed by atoms with Gasteiger partial charge in [0, 0.05) is 10.9 Å². The molecule has 1 fully saturated rings. The van der Waals surface area contributed by atoms with Crippen molar-refractivity contribution in [3.63, 3.8) is 0 Å². The molecule has 1 aliphatic rings. The molecule has 0 unspecified atom stereocenters. The highest BCUT2D eigenvalue weighted by molar-refractivity contribution is 7.99. The summed E-state index contributed by atoms with van der Waals surface area (Å²) >= 11 is 1.96. The Bertz CT molecular complexity index is 547. The van der Waals surface area contributed by atoms with E-state index in [-0.39, 0.29) is 0 Å². The first-order valence-corrected chi connectivity index (χ1v) is 8.12. The number of hydrogen-bond donors (Lipinski definition) is 1. The summed E-state index contributed by atoms with van der Waals surface area (Å²) in [5, 5.41) is 4.85. The van der Waals surface area contributed by atoms with Crippen LogP contribution in [0.4, 0.5) is 5.69 Å². The van der Waals surface area contributed by atoms with Gasteiger partial charge in [-0.1, -0.05) is 30.1 Å². The van der Waals surface area contributed by atoms with Gasteiger partial charge < -0.3 is 10.3 Å². The van der Waals surface area contributed by atoms with Gasteiger partial charge in [0.2, 0.25) is 5.89 Å². The van der Waals surface area contributed by atoms with Gasteiger partial charge in [-0.15, -0.1) is 0 Å². The summed E-state index contributed by atoms with van der Waals surface area (Å²) < 4.78 is 5.31. The predicted octanol–water partition coefficient (Wildman–Crippen LogP) is 3.42. The molecular weight excluding hydrogens is 270 g/mol. The molecule has 0 amide bonds. The third-order valence-corrected chi connectivity index (χ3v) is 4.96. The molecule has 4 nitrogen and oxygen atoms in total. The molecule has 106 valence electrons. The molecule has 0 atom stereocenters. The van der Waals surface area contributed by atoms with Gasteiger partial charge in [-0.05, 0) is 30.5 Å². The lowest BCUT2D eigenvalue weighted by Crippen LogP contribution is -1.96. The zero-order valence-corrected chi connectivity index (χ0v) is 12.2. The lowest BCUT2D eigenvalue weighted by molar-refractivity contribution is 0.381. The standard InChI is InChI=1S/C15H19N3OS/c16-12-7-5-11(6-8-12)9-15-17-14(18-19-15)10-20-13-3-1-2-4-13/h5-8,13H,1-4,9-10,16H2. The van der Waals surface area contributed by atoms with Crippen LogP contribution in [0.25, 0.3) is 0 Å². The fraction of sp³-hybridized carbons (Fsp3) is 0.467. The van der Waals surface area contributed by atoms with E-state index in [9.17, 15) is 0 Å². The van der Waals surface area contributed by atoms with Crippen LogP contribution in [0.3, 0.4) is 0 Å². The molecular formula is C15H19N3OS. The normalized spacial score (nSPS) is 15.8. The van der Waals surface area contributed by atoms with E-state index < -0.39 is 0 Å². The zero-order chi connectivity index (χ0) is 13.8. The topological polar surface area (TPSA) is 64.9 Å². The van der Waals surface area contributed by atoms with Gasteiger partial charge in [0.1, 0.15) is 0 Å². The van der Waals surface area contributed by atoms with Gasteiger partial charge in [0.15, 0.2) is 5.82 Å². The minimum atomic E-state index is 0.668. The minimum Gasteiger partial charge on any atom is -0.399 e. The van der Waals surface area contributed by atoms with E-state index in [1.54, 1.807) is 0 Å². The summed E-state index contributed by atoms with van der Waals surface area (Å²) in [6.45, 7) is 0. The highest BCUT2D eigenvalue weighted by Crippen LogP contribution is 2.31. The molecule has 20 heavy (non-hydrogen) atoms. The number of thioether (sulfide) groups is 1. The van der Waals surface area contributed by atoms with Crippen LogP contribution in [0.1, 0.15) is 43.0 Å². The van der Waals surface area contributed by atoms with Crippen LogP contribution in [0, 0.1) is 0 Å². The molecule has 1 heterocycles. The van der Waals surface area contributed by atoms with Crippen LogP contribution in [0.15, 0.2) is 28.8 Å². The maximum atomic E-state index is 5.67. The molecule has 0 saturated heterocycles. The summed E-state index contributed by atoms with van der Waals surface area (Å²) in [5.74, 6) is 2.35. The molecule has 3 rings (SSSR count). The molecule has 1 aromatic heterocycles. The van der Waals surface area contributed by atoms with Crippen LogP contribution < -0.4 is 5.73 Å². The second-order valence-electron chi connectivity index (χ2n) is 5.24. The minimum absolute atomic E-state index is 0.668.